The second kappa shape index (κ2) is 6.41. The Balaban J connectivity index is 3.26. The summed E-state index contributed by atoms with van der Waals surface area (Å²) in [4.78, 5) is 0. The zero-order chi connectivity index (χ0) is 8.69. The Morgan fingerprint density at radius 2 is 2.18 bits per heavy atom. The van der Waals surface area contributed by atoms with Gasteiger partial charge in [-0.15, -0.1) is 0 Å². The minimum atomic E-state index is -0.134. The monoisotopic (exact) mass is 156 g/mol. The third-order valence-corrected chi connectivity index (χ3v) is 1.88. The molecule has 1 N–H and O–H groups in total. The second-order valence-corrected chi connectivity index (χ2v) is 3.18. The Morgan fingerprint density at radius 1 is 1.55 bits per heavy atom. The third-order valence-electron chi connectivity index (χ3n) is 1.88. The van der Waals surface area contributed by atoms with Crippen LogP contribution in [-0.4, -0.2) is 11.2 Å². The molecular weight excluding hydrogens is 136 g/mol. The summed E-state index contributed by atoms with van der Waals surface area (Å²) in [6, 6.07) is 0. The maximum Gasteiger partial charge on any atom is 0.0512 e. The first-order chi connectivity index (χ1) is 5.16. The van der Waals surface area contributed by atoms with E-state index in [2.05, 4.69) is 19.9 Å². The van der Waals surface area contributed by atoms with Gasteiger partial charge in [0.1, 0.15) is 0 Å². The van der Waals surface area contributed by atoms with E-state index in [1.54, 1.807) is 0 Å². The molecule has 66 valence electrons. The lowest BCUT2D eigenvalue weighted by atomic mass is 10.1. The largest absolute Gasteiger partial charge is 0.393 e. The predicted molar refractivity (Wildman–Crippen MR) is 49.6 cm³/mol. The average molecular weight is 156 g/mol. The first-order valence-electron chi connectivity index (χ1n) is 4.50. The Labute approximate surface area is 70.1 Å². The van der Waals surface area contributed by atoms with Crippen molar-refractivity contribution in [1.29, 1.82) is 0 Å². The highest BCUT2D eigenvalue weighted by atomic mass is 16.3. The van der Waals surface area contributed by atoms with Gasteiger partial charge in [0.2, 0.25) is 0 Å². The lowest BCUT2D eigenvalue weighted by Crippen LogP contribution is -1.97. The fourth-order valence-electron chi connectivity index (χ4n) is 0.906. The van der Waals surface area contributed by atoms with Crippen LogP contribution in [0.3, 0.4) is 0 Å². The van der Waals surface area contributed by atoms with Gasteiger partial charge in [0, 0.05) is 0 Å². The zero-order valence-corrected chi connectivity index (χ0v) is 7.93. The first-order valence-corrected chi connectivity index (χ1v) is 4.50. The third kappa shape index (κ3) is 7.60. The van der Waals surface area contributed by atoms with Crippen LogP contribution in [0.5, 0.6) is 0 Å². The number of rotatable bonds is 5. The van der Waals surface area contributed by atoms with Crippen LogP contribution in [-0.2, 0) is 0 Å². The molecule has 1 heteroatoms. The van der Waals surface area contributed by atoms with Gasteiger partial charge in [-0.3, -0.25) is 0 Å². The van der Waals surface area contributed by atoms with Crippen LogP contribution < -0.4 is 0 Å². The summed E-state index contributed by atoms with van der Waals surface area (Å²) in [5, 5.41) is 8.95. The van der Waals surface area contributed by atoms with Crippen LogP contribution in [0, 0.1) is 0 Å². The number of unbranched alkanes of at least 4 members (excludes halogenated alkanes) is 1. The molecule has 0 saturated heterocycles. The Morgan fingerprint density at radius 3 is 2.64 bits per heavy atom. The Bertz CT molecular complexity index is 114. The van der Waals surface area contributed by atoms with Crippen molar-refractivity contribution in [2.45, 2.75) is 52.6 Å². The Hall–Kier alpha value is -0.300. The molecule has 0 amide bonds. The SMILES string of the molecule is CCC(C)=CCCCC(C)O. The van der Waals surface area contributed by atoms with Crippen molar-refractivity contribution in [2.75, 3.05) is 0 Å². The second-order valence-electron chi connectivity index (χ2n) is 3.18. The molecule has 1 atom stereocenters. The molecule has 0 spiro atoms. The van der Waals surface area contributed by atoms with Crippen LogP contribution in [0.4, 0.5) is 0 Å². The van der Waals surface area contributed by atoms with Crippen LogP contribution in [0.15, 0.2) is 11.6 Å². The molecule has 0 aliphatic rings. The molecule has 0 radical (unpaired) electrons. The molecule has 0 bridgehead atoms. The van der Waals surface area contributed by atoms with Gasteiger partial charge in [-0.1, -0.05) is 18.6 Å². The summed E-state index contributed by atoms with van der Waals surface area (Å²) < 4.78 is 0. The topological polar surface area (TPSA) is 20.2 Å². The molecule has 0 saturated carbocycles. The van der Waals surface area contributed by atoms with Crippen molar-refractivity contribution < 1.29 is 5.11 Å². The zero-order valence-electron chi connectivity index (χ0n) is 7.93. The van der Waals surface area contributed by atoms with Crippen molar-refractivity contribution in [1.82, 2.24) is 0 Å². The number of aliphatic hydroxyl groups excluding tert-OH is 1. The molecular formula is C10H20O. The maximum absolute atomic E-state index is 8.95. The van der Waals surface area contributed by atoms with Crippen molar-refractivity contribution in [3.8, 4) is 0 Å². The molecule has 0 heterocycles. The van der Waals surface area contributed by atoms with E-state index in [1.807, 2.05) is 6.92 Å². The van der Waals surface area contributed by atoms with Crippen molar-refractivity contribution in [3.05, 3.63) is 11.6 Å². The molecule has 0 fully saturated rings. The number of allylic oxidation sites excluding steroid dienone is 2. The molecule has 0 aromatic carbocycles. The van der Waals surface area contributed by atoms with Crippen LogP contribution in [0.1, 0.15) is 46.5 Å². The van der Waals surface area contributed by atoms with E-state index in [1.165, 1.54) is 5.57 Å². The quantitative estimate of drug-likeness (QED) is 0.479. The van der Waals surface area contributed by atoms with Gasteiger partial charge in [0.25, 0.3) is 0 Å². The van der Waals surface area contributed by atoms with Gasteiger partial charge in [0.15, 0.2) is 0 Å². The summed E-state index contributed by atoms with van der Waals surface area (Å²) in [6.45, 7) is 6.17. The van der Waals surface area contributed by atoms with Crippen LogP contribution in [0.25, 0.3) is 0 Å². The van der Waals surface area contributed by atoms with Gasteiger partial charge in [-0.25, -0.2) is 0 Å². The van der Waals surface area contributed by atoms with E-state index >= 15 is 0 Å². The molecule has 0 aliphatic carbocycles. The van der Waals surface area contributed by atoms with E-state index < -0.39 is 0 Å². The standard InChI is InChI=1S/C10H20O/c1-4-9(2)7-5-6-8-10(3)11/h7,10-11H,4-6,8H2,1-3H3. The van der Waals surface area contributed by atoms with E-state index in [-0.39, 0.29) is 6.10 Å². The van der Waals surface area contributed by atoms with E-state index in [0.29, 0.717) is 0 Å². The molecule has 1 nitrogen and oxygen atoms in total. The van der Waals surface area contributed by atoms with Crippen molar-refractivity contribution in [2.24, 2.45) is 0 Å². The average Bonchev–Trinajstić information content (AvgIpc) is 1.97. The molecule has 11 heavy (non-hydrogen) atoms. The van der Waals surface area contributed by atoms with Gasteiger partial charge in [-0.05, 0) is 39.5 Å². The van der Waals surface area contributed by atoms with E-state index in [0.717, 1.165) is 25.7 Å². The fourth-order valence-corrected chi connectivity index (χ4v) is 0.906. The van der Waals surface area contributed by atoms with Gasteiger partial charge < -0.3 is 5.11 Å². The van der Waals surface area contributed by atoms with E-state index in [9.17, 15) is 0 Å². The lowest BCUT2D eigenvalue weighted by Gasteiger charge is -2.01. The number of hydrogen-bond acceptors (Lipinski definition) is 1. The smallest absolute Gasteiger partial charge is 0.0512 e. The summed E-state index contributed by atoms with van der Waals surface area (Å²) in [5.74, 6) is 0. The number of aliphatic hydroxyl groups is 1. The molecule has 1 unspecified atom stereocenters. The summed E-state index contributed by atoms with van der Waals surface area (Å²) in [6.07, 6.45) is 6.43. The highest BCUT2D eigenvalue weighted by Crippen LogP contribution is 2.05. The van der Waals surface area contributed by atoms with Gasteiger partial charge in [-0.2, -0.15) is 0 Å². The molecule has 0 aromatic heterocycles. The summed E-state index contributed by atoms with van der Waals surface area (Å²) in [7, 11) is 0. The number of hydrogen-bond donors (Lipinski definition) is 1. The highest BCUT2D eigenvalue weighted by Gasteiger charge is 1.93. The van der Waals surface area contributed by atoms with E-state index in [4.69, 9.17) is 5.11 Å². The van der Waals surface area contributed by atoms with Crippen molar-refractivity contribution in [3.63, 3.8) is 0 Å². The maximum atomic E-state index is 8.95. The van der Waals surface area contributed by atoms with Crippen LogP contribution in [0.2, 0.25) is 0 Å². The lowest BCUT2D eigenvalue weighted by molar-refractivity contribution is 0.182. The van der Waals surface area contributed by atoms with Crippen LogP contribution >= 0.6 is 0 Å². The molecule has 0 rings (SSSR count). The highest BCUT2D eigenvalue weighted by molar-refractivity contribution is 4.96. The van der Waals surface area contributed by atoms with Crippen molar-refractivity contribution >= 4 is 0 Å². The fraction of sp³-hybridized carbons (Fsp3) is 0.800. The summed E-state index contributed by atoms with van der Waals surface area (Å²) in [5.41, 5.74) is 1.45. The normalized spacial score (nSPS) is 15.1. The van der Waals surface area contributed by atoms with Gasteiger partial charge >= 0.3 is 0 Å². The summed E-state index contributed by atoms with van der Waals surface area (Å²) >= 11 is 0. The molecule has 0 aromatic rings. The van der Waals surface area contributed by atoms with Gasteiger partial charge in [0.05, 0.1) is 6.10 Å². The predicted octanol–water partition coefficient (Wildman–Crippen LogP) is 2.89. The Kier molecular flexibility index (Phi) is 6.24. The minimum Gasteiger partial charge on any atom is -0.393 e. The molecule has 0 aliphatic heterocycles. The first kappa shape index (κ1) is 10.7. The minimum absolute atomic E-state index is 0.134.